The van der Waals surface area contributed by atoms with Crippen molar-refractivity contribution in [1.82, 2.24) is 9.78 Å². The van der Waals surface area contributed by atoms with Crippen molar-refractivity contribution in [2.24, 2.45) is 0 Å². The minimum absolute atomic E-state index is 0.0387. The van der Waals surface area contributed by atoms with Gasteiger partial charge in [-0.3, -0.25) is 19.6 Å². The van der Waals surface area contributed by atoms with Gasteiger partial charge >= 0.3 is 0 Å². The highest BCUT2D eigenvalue weighted by molar-refractivity contribution is 9.10. The number of nitrogens with zero attached hydrogens (tertiary/aromatic N) is 3. The number of carbonyl (C=O) groups excluding carboxylic acids is 1. The predicted molar refractivity (Wildman–Crippen MR) is 105 cm³/mol. The van der Waals surface area contributed by atoms with Gasteiger partial charge < -0.3 is 14.8 Å². The van der Waals surface area contributed by atoms with Crippen LogP contribution in [0.1, 0.15) is 0 Å². The van der Waals surface area contributed by atoms with Crippen LogP contribution in [0.4, 0.5) is 11.4 Å². The number of nitrogens with one attached hydrogen (secondary N) is 1. The Morgan fingerprint density at radius 2 is 1.93 bits per heavy atom. The van der Waals surface area contributed by atoms with Crippen molar-refractivity contribution in [2.75, 3.05) is 12.4 Å². The average Bonchev–Trinajstić information content (AvgIpc) is 3.06. The molecule has 1 amide bonds. The number of methoxy groups -OCH3 is 1. The van der Waals surface area contributed by atoms with Crippen molar-refractivity contribution in [1.29, 1.82) is 0 Å². The Labute approximate surface area is 168 Å². The summed E-state index contributed by atoms with van der Waals surface area (Å²) in [4.78, 5) is 22.9. The molecule has 2 aromatic carbocycles. The van der Waals surface area contributed by atoms with E-state index in [-0.39, 0.29) is 29.6 Å². The van der Waals surface area contributed by atoms with Gasteiger partial charge in [0.2, 0.25) is 5.91 Å². The van der Waals surface area contributed by atoms with Crippen LogP contribution < -0.4 is 14.8 Å². The molecule has 0 spiro atoms. The number of amides is 1. The standard InChI is InChI=1S/C18H15BrN4O5/c1-27-15-2-4-16(5-3-15)28-17-7-13(6-14(8-17)23(25)26)21-18(24)11-22-10-12(19)9-20-22/h2-10H,11H2,1H3,(H,21,24). The van der Waals surface area contributed by atoms with Crippen LogP contribution in [0.3, 0.4) is 0 Å². The van der Waals surface area contributed by atoms with E-state index in [4.69, 9.17) is 9.47 Å². The molecule has 1 N–H and O–H groups in total. The second kappa shape index (κ2) is 8.53. The molecule has 0 aliphatic heterocycles. The Kier molecular flexibility index (Phi) is 5.90. The molecule has 0 aliphatic rings. The number of nitro groups is 1. The van der Waals surface area contributed by atoms with Gasteiger partial charge in [-0.15, -0.1) is 0 Å². The van der Waals surface area contributed by atoms with Crippen LogP contribution in [0.2, 0.25) is 0 Å². The van der Waals surface area contributed by atoms with E-state index in [0.717, 1.165) is 4.47 Å². The number of non-ortho nitro benzene ring substituents is 1. The Bertz CT molecular complexity index is 1000. The quantitative estimate of drug-likeness (QED) is 0.434. The van der Waals surface area contributed by atoms with Crippen molar-refractivity contribution in [2.45, 2.75) is 6.54 Å². The summed E-state index contributed by atoms with van der Waals surface area (Å²) in [5.41, 5.74) is 0.0390. The molecule has 1 heterocycles. The van der Waals surface area contributed by atoms with E-state index in [1.807, 2.05) is 0 Å². The first-order valence-corrected chi connectivity index (χ1v) is 8.81. The highest BCUT2D eigenvalue weighted by Gasteiger charge is 2.14. The fraction of sp³-hybridized carbons (Fsp3) is 0.111. The zero-order chi connectivity index (χ0) is 20.1. The summed E-state index contributed by atoms with van der Waals surface area (Å²) >= 11 is 3.25. The Morgan fingerprint density at radius 3 is 2.54 bits per heavy atom. The number of aromatic nitrogens is 2. The molecule has 0 atom stereocenters. The molecular weight excluding hydrogens is 432 g/mol. The largest absolute Gasteiger partial charge is 0.497 e. The number of halogens is 1. The number of rotatable bonds is 7. The first-order chi connectivity index (χ1) is 13.4. The second-order valence-electron chi connectivity index (χ2n) is 5.65. The average molecular weight is 447 g/mol. The predicted octanol–water partition coefficient (Wildman–Crippen LogP) is 3.99. The molecule has 0 fully saturated rings. The molecule has 0 radical (unpaired) electrons. The van der Waals surface area contributed by atoms with Gasteiger partial charge in [-0.1, -0.05) is 0 Å². The summed E-state index contributed by atoms with van der Waals surface area (Å²) in [5, 5.41) is 17.8. The topological polar surface area (TPSA) is 109 Å². The van der Waals surface area contributed by atoms with E-state index in [0.29, 0.717) is 11.5 Å². The highest BCUT2D eigenvalue weighted by Crippen LogP contribution is 2.30. The van der Waals surface area contributed by atoms with Gasteiger partial charge in [0.05, 0.1) is 34.5 Å². The van der Waals surface area contributed by atoms with E-state index in [9.17, 15) is 14.9 Å². The summed E-state index contributed by atoms with van der Waals surface area (Å²) in [6.07, 6.45) is 3.20. The molecule has 28 heavy (non-hydrogen) atoms. The fourth-order valence-electron chi connectivity index (χ4n) is 2.37. The highest BCUT2D eigenvalue weighted by atomic mass is 79.9. The van der Waals surface area contributed by atoms with Crippen LogP contribution >= 0.6 is 15.9 Å². The Balaban J connectivity index is 1.78. The number of carbonyl (C=O) groups is 1. The van der Waals surface area contributed by atoms with E-state index in [1.54, 1.807) is 43.8 Å². The summed E-state index contributed by atoms with van der Waals surface area (Å²) < 4.78 is 12.9. The van der Waals surface area contributed by atoms with Crippen LogP contribution in [0.25, 0.3) is 0 Å². The number of hydrogen-bond acceptors (Lipinski definition) is 6. The summed E-state index contributed by atoms with van der Waals surface area (Å²) in [6, 6.07) is 10.8. The molecule has 3 rings (SSSR count). The van der Waals surface area contributed by atoms with Crippen molar-refractivity contribution in [3.05, 3.63) is 69.4 Å². The lowest BCUT2D eigenvalue weighted by molar-refractivity contribution is -0.384. The van der Waals surface area contributed by atoms with Gasteiger partial charge in [0.25, 0.3) is 5.69 Å². The van der Waals surface area contributed by atoms with E-state index >= 15 is 0 Å². The van der Waals surface area contributed by atoms with E-state index in [1.165, 1.54) is 22.9 Å². The van der Waals surface area contributed by atoms with Crippen LogP contribution in [-0.2, 0) is 11.3 Å². The molecule has 10 heteroatoms. The monoisotopic (exact) mass is 446 g/mol. The van der Waals surface area contributed by atoms with Crippen molar-refractivity contribution in [3.8, 4) is 17.2 Å². The lowest BCUT2D eigenvalue weighted by Crippen LogP contribution is -2.19. The zero-order valence-corrected chi connectivity index (χ0v) is 16.3. The number of nitro benzene ring substituents is 1. The second-order valence-corrected chi connectivity index (χ2v) is 6.57. The van der Waals surface area contributed by atoms with Gasteiger partial charge in [0, 0.05) is 18.3 Å². The Morgan fingerprint density at radius 1 is 1.21 bits per heavy atom. The smallest absolute Gasteiger partial charge is 0.275 e. The van der Waals surface area contributed by atoms with E-state index in [2.05, 4.69) is 26.3 Å². The number of anilines is 1. The molecule has 3 aromatic rings. The van der Waals surface area contributed by atoms with Crippen molar-refractivity contribution < 1.29 is 19.2 Å². The van der Waals surface area contributed by atoms with Gasteiger partial charge in [-0.05, 0) is 40.2 Å². The summed E-state index contributed by atoms with van der Waals surface area (Å²) in [7, 11) is 1.55. The fourth-order valence-corrected chi connectivity index (χ4v) is 2.70. The van der Waals surface area contributed by atoms with Gasteiger partial charge in [-0.25, -0.2) is 0 Å². The maximum Gasteiger partial charge on any atom is 0.275 e. The SMILES string of the molecule is COc1ccc(Oc2cc(NC(=O)Cn3cc(Br)cn3)cc([N+](=O)[O-])c2)cc1. The summed E-state index contributed by atoms with van der Waals surface area (Å²) in [5.74, 6) is 0.965. The van der Waals surface area contributed by atoms with Crippen molar-refractivity contribution >= 4 is 33.2 Å². The minimum atomic E-state index is -0.554. The maximum absolute atomic E-state index is 12.2. The third kappa shape index (κ3) is 5.07. The number of benzene rings is 2. The van der Waals surface area contributed by atoms with Crippen LogP contribution in [0.5, 0.6) is 17.2 Å². The number of hydrogen-bond donors (Lipinski definition) is 1. The molecule has 0 bridgehead atoms. The Hall–Kier alpha value is -3.40. The zero-order valence-electron chi connectivity index (χ0n) is 14.7. The third-order valence-corrected chi connectivity index (χ3v) is 4.00. The molecule has 0 aliphatic carbocycles. The molecule has 0 saturated carbocycles. The summed E-state index contributed by atoms with van der Waals surface area (Å²) in [6.45, 7) is -0.0387. The van der Waals surface area contributed by atoms with Crippen LogP contribution in [-0.4, -0.2) is 27.7 Å². The lowest BCUT2D eigenvalue weighted by atomic mass is 10.2. The van der Waals surface area contributed by atoms with Crippen LogP contribution in [0, 0.1) is 10.1 Å². The molecule has 0 unspecified atom stereocenters. The van der Waals surface area contributed by atoms with Crippen molar-refractivity contribution in [3.63, 3.8) is 0 Å². The van der Waals surface area contributed by atoms with Gasteiger partial charge in [0.1, 0.15) is 23.8 Å². The third-order valence-electron chi connectivity index (χ3n) is 3.59. The molecular formula is C18H15BrN4O5. The van der Waals surface area contributed by atoms with E-state index < -0.39 is 4.92 Å². The molecule has 144 valence electrons. The minimum Gasteiger partial charge on any atom is -0.497 e. The van der Waals surface area contributed by atoms with Gasteiger partial charge in [-0.2, -0.15) is 5.10 Å². The molecule has 9 nitrogen and oxygen atoms in total. The molecule has 0 saturated heterocycles. The molecule has 1 aromatic heterocycles. The number of ether oxygens (including phenoxy) is 2. The first-order valence-electron chi connectivity index (χ1n) is 8.02. The maximum atomic E-state index is 12.2. The normalized spacial score (nSPS) is 10.4. The van der Waals surface area contributed by atoms with Crippen LogP contribution in [0.15, 0.2) is 59.3 Å². The lowest BCUT2D eigenvalue weighted by Gasteiger charge is -2.10. The first kappa shape index (κ1) is 19.4. The van der Waals surface area contributed by atoms with Gasteiger partial charge in [0.15, 0.2) is 0 Å².